The van der Waals surface area contributed by atoms with E-state index in [2.05, 4.69) is 58.8 Å². The van der Waals surface area contributed by atoms with Gasteiger partial charge in [0.05, 0.1) is 16.8 Å². The summed E-state index contributed by atoms with van der Waals surface area (Å²) >= 11 is 15.8. The number of hydrogen-bond acceptors (Lipinski definition) is 3. The molecule has 0 aliphatic rings. The standard InChI is InChI=1S/C7H5NS2.C2H3Br3O/c9-7-8-5-3-1-2-4-6(5)10-7;3-2(4,5)1-6/h1-4H,(H,8,9);6H,1H2. The number of aromatic amines is 1. The van der Waals surface area contributed by atoms with E-state index in [0.29, 0.717) is 0 Å². The van der Waals surface area contributed by atoms with Crippen molar-refractivity contribution in [2.75, 3.05) is 6.61 Å². The molecule has 0 bridgehead atoms. The van der Waals surface area contributed by atoms with Gasteiger partial charge in [0.1, 0.15) is 0 Å². The van der Waals surface area contributed by atoms with Crippen LogP contribution in [0.3, 0.4) is 0 Å². The number of aliphatic hydroxyl groups excluding tert-OH is 1. The minimum Gasteiger partial charge on any atom is -0.393 e. The molecule has 2 N–H and O–H groups in total. The largest absolute Gasteiger partial charge is 0.393 e. The molecule has 0 unspecified atom stereocenters. The van der Waals surface area contributed by atoms with Gasteiger partial charge in [-0.15, -0.1) is 11.3 Å². The van der Waals surface area contributed by atoms with E-state index in [4.69, 9.17) is 17.3 Å². The predicted molar refractivity (Wildman–Crippen MR) is 83.6 cm³/mol. The third-order valence-corrected chi connectivity index (χ3v) is 3.47. The molecule has 0 atom stereocenters. The van der Waals surface area contributed by atoms with Crippen LogP contribution in [0.15, 0.2) is 24.3 Å². The number of rotatable bonds is 0. The summed E-state index contributed by atoms with van der Waals surface area (Å²) in [5, 5.41) is 8.26. The lowest BCUT2D eigenvalue weighted by molar-refractivity contribution is 0.313. The van der Waals surface area contributed by atoms with E-state index >= 15 is 0 Å². The first-order chi connectivity index (χ1) is 7.42. The van der Waals surface area contributed by atoms with E-state index in [1.165, 1.54) is 4.70 Å². The highest BCUT2D eigenvalue weighted by Crippen LogP contribution is 2.31. The van der Waals surface area contributed by atoms with Gasteiger partial charge in [0.2, 0.25) is 0 Å². The van der Waals surface area contributed by atoms with Crippen LogP contribution in [0.4, 0.5) is 0 Å². The Bertz CT molecular complexity index is 467. The molecule has 88 valence electrons. The SMILES string of the molecule is OCC(Br)(Br)Br.S=c1[nH]c2ccccc2s1. The monoisotopic (exact) mass is 447 g/mol. The maximum atomic E-state index is 8.26. The van der Waals surface area contributed by atoms with Gasteiger partial charge in [-0.3, -0.25) is 0 Å². The molecular formula is C9H8Br3NOS2. The number of hydrogen-bond donors (Lipinski definition) is 2. The summed E-state index contributed by atoms with van der Waals surface area (Å²) in [6, 6.07) is 8.11. The molecule has 1 aromatic heterocycles. The molecule has 0 radical (unpaired) electrons. The van der Waals surface area contributed by atoms with E-state index in [-0.39, 0.29) is 6.61 Å². The van der Waals surface area contributed by atoms with Gasteiger partial charge in [-0.1, -0.05) is 59.9 Å². The second kappa shape index (κ2) is 6.61. The summed E-state index contributed by atoms with van der Waals surface area (Å²) < 4.78 is 1.61. The molecule has 0 saturated carbocycles. The number of para-hydroxylation sites is 1. The third-order valence-electron chi connectivity index (χ3n) is 1.51. The lowest BCUT2D eigenvalue weighted by Crippen LogP contribution is -2.04. The average molecular weight is 450 g/mol. The van der Waals surface area contributed by atoms with Crippen LogP contribution in [-0.4, -0.2) is 18.8 Å². The van der Waals surface area contributed by atoms with E-state index in [0.717, 1.165) is 9.47 Å². The van der Waals surface area contributed by atoms with Crippen molar-refractivity contribution >= 4 is 81.6 Å². The lowest BCUT2D eigenvalue weighted by atomic mass is 10.3. The zero-order chi connectivity index (χ0) is 12.2. The number of halogens is 3. The van der Waals surface area contributed by atoms with Crippen molar-refractivity contribution in [3.8, 4) is 0 Å². The number of nitrogens with one attached hydrogen (secondary N) is 1. The van der Waals surface area contributed by atoms with Crippen LogP contribution in [-0.2, 0) is 0 Å². The van der Waals surface area contributed by atoms with Crippen molar-refractivity contribution in [1.29, 1.82) is 0 Å². The molecule has 16 heavy (non-hydrogen) atoms. The van der Waals surface area contributed by atoms with E-state index in [9.17, 15) is 0 Å². The Kier molecular flexibility index (Phi) is 6.11. The Balaban J connectivity index is 0.000000187. The molecule has 7 heteroatoms. The van der Waals surface area contributed by atoms with Gasteiger partial charge in [0, 0.05) is 0 Å². The molecule has 0 spiro atoms. The third kappa shape index (κ3) is 5.37. The Hall–Kier alpha value is 0.730. The Morgan fingerprint density at radius 3 is 2.38 bits per heavy atom. The summed E-state index contributed by atoms with van der Waals surface area (Å²) in [4.78, 5) is 3.09. The van der Waals surface area contributed by atoms with Gasteiger partial charge in [0.15, 0.2) is 6.10 Å². The molecule has 0 aliphatic heterocycles. The Morgan fingerprint density at radius 2 is 1.88 bits per heavy atom. The minimum atomic E-state index is -0.465. The fraction of sp³-hybridized carbons (Fsp3) is 0.222. The van der Waals surface area contributed by atoms with Gasteiger partial charge in [-0.05, 0) is 24.4 Å². The second-order valence-corrected chi connectivity index (χ2v) is 11.8. The van der Waals surface area contributed by atoms with Gasteiger partial charge < -0.3 is 10.1 Å². The molecule has 2 nitrogen and oxygen atoms in total. The Labute approximate surface area is 127 Å². The summed E-state index contributed by atoms with van der Waals surface area (Å²) in [6.45, 7) is 0.0208. The molecule has 0 amide bonds. The summed E-state index contributed by atoms with van der Waals surface area (Å²) in [5.74, 6) is 0. The highest BCUT2D eigenvalue weighted by Gasteiger charge is 2.13. The predicted octanol–water partition coefficient (Wildman–Crippen LogP) is 4.78. The highest BCUT2D eigenvalue weighted by atomic mass is 80.0. The number of fused-ring (bicyclic) bond motifs is 1. The highest BCUT2D eigenvalue weighted by molar-refractivity contribution is 9.39. The zero-order valence-electron chi connectivity index (χ0n) is 7.91. The first kappa shape index (κ1) is 14.8. The number of aromatic nitrogens is 1. The number of benzene rings is 1. The normalized spacial score (nSPS) is 11.0. The molecule has 1 aromatic carbocycles. The van der Waals surface area contributed by atoms with Crippen molar-refractivity contribution in [1.82, 2.24) is 4.98 Å². The maximum absolute atomic E-state index is 8.26. The van der Waals surface area contributed by atoms with Crippen LogP contribution in [0.5, 0.6) is 0 Å². The average Bonchev–Trinajstić information content (AvgIpc) is 2.57. The van der Waals surface area contributed by atoms with Gasteiger partial charge >= 0.3 is 0 Å². The van der Waals surface area contributed by atoms with E-state index in [1.54, 1.807) is 11.3 Å². The molecule has 1 heterocycles. The van der Waals surface area contributed by atoms with Crippen LogP contribution in [0.1, 0.15) is 0 Å². The van der Waals surface area contributed by atoms with Gasteiger partial charge in [-0.25, -0.2) is 0 Å². The minimum absolute atomic E-state index is 0.0208. The summed E-state index contributed by atoms with van der Waals surface area (Å²) in [7, 11) is 0. The van der Waals surface area contributed by atoms with E-state index in [1.807, 2.05) is 18.2 Å². The van der Waals surface area contributed by atoms with Crippen molar-refractivity contribution in [3.05, 3.63) is 28.2 Å². The topological polar surface area (TPSA) is 36.0 Å². The number of aliphatic hydroxyl groups is 1. The smallest absolute Gasteiger partial charge is 0.159 e. The molecule has 0 fully saturated rings. The van der Waals surface area contributed by atoms with Crippen molar-refractivity contribution in [3.63, 3.8) is 0 Å². The van der Waals surface area contributed by atoms with Crippen LogP contribution < -0.4 is 0 Å². The molecule has 2 rings (SSSR count). The fourth-order valence-corrected chi connectivity index (χ4v) is 2.01. The van der Waals surface area contributed by atoms with Crippen molar-refractivity contribution in [2.24, 2.45) is 0 Å². The van der Waals surface area contributed by atoms with E-state index < -0.39 is 2.14 Å². The maximum Gasteiger partial charge on any atom is 0.159 e. The number of H-pyrrole nitrogens is 1. The van der Waals surface area contributed by atoms with Crippen LogP contribution >= 0.6 is 71.3 Å². The first-order valence-electron chi connectivity index (χ1n) is 4.18. The summed E-state index contributed by atoms with van der Waals surface area (Å²) in [6.07, 6.45) is 0. The molecule has 0 saturated heterocycles. The van der Waals surface area contributed by atoms with Crippen LogP contribution in [0, 0.1) is 3.95 Å². The molecular weight excluding hydrogens is 442 g/mol. The molecule has 2 aromatic rings. The zero-order valence-corrected chi connectivity index (χ0v) is 14.3. The molecule has 0 aliphatic carbocycles. The van der Waals surface area contributed by atoms with Crippen LogP contribution in [0.25, 0.3) is 10.2 Å². The van der Waals surface area contributed by atoms with Gasteiger partial charge in [0.25, 0.3) is 0 Å². The number of thiazole rings is 1. The Morgan fingerprint density at radius 1 is 1.31 bits per heavy atom. The van der Waals surface area contributed by atoms with Crippen molar-refractivity contribution < 1.29 is 5.11 Å². The fourth-order valence-electron chi connectivity index (χ4n) is 0.894. The van der Waals surface area contributed by atoms with Crippen molar-refractivity contribution in [2.45, 2.75) is 2.14 Å². The number of alkyl halides is 3. The quantitative estimate of drug-likeness (QED) is 0.448. The first-order valence-corrected chi connectivity index (χ1v) is 7.78. The summed E-state index contributed by atoms with van der Waals surface area (Å²) in [5.41, 5.74) is 1.14. The van der Waals surface area contributed by atoms with Gasteiger partial charge in [-0.2, -0.15) is 0 Å². The second-order valence-electron chi connectivity index (χ2n) is 2.78. The lowest BCUT2D eigenvalue weighted by Gasteiger charge is -2.03. The van der Waals surface area contributed by atoms with Crippen LogP contribution in [0.2, 0.25) is 0 Å².